The number of aromatic nitrogens is 2. The van der Waals surface area contributed by atoms with E-state index in [4.69, 9.17) is 0 Å². The number of rotatable bonds is 7. The Morgan fingerprint density at radius 3 is 2.37 bits per heavy atom. The average molecular weight is 498 g/mol. The highest BCUT2D eigenvalue weighted by molar-refractivity contribution is 7.89. The van der Waals surface area contributed by atoms with E-state index in [1.807, 2.05) is 0 Å². The summed E-state index contributed by atoms with van der Waals surface area (Å²) in [5, 5.41) is 13.4. The van der Waals surface area contributed by atoms with Gasteiger partial charge in [0.25, 0.3) is 5.56 Å². The zero-order valence-corrected chi connectivity index (χ0v) is 20.2. The molecule has 0 saturated carbocycles. The smallest absolute Gasteiger partial charge is 0.352 e. The fourth-order valence-electron chi connectivity index (χ4n) is 4.20. The number of nitrogens with one attached hydrogen (secondary N) is 1. The lowest BCUT2D eigenvalue weighted by molar-refractivity contribution is 0.0686. The zero-order valence-electron chi connectivity index (χ0n) is 19.4. The molecule has 0 aliphatic carbocycles. The Morgan fingerprint density at radius 1 is 1.09 bits per heavy atom. The number of nitrogens with zero attached hydrogens (tertiary/aromatic N) is 2. The number of halogens is 1. The van der Waals surface area contributed by atoms with Gasteiger partial charge in [-0.05, 0) is 55.0 Å². The second-order valence-electron chi connectivity index (χ2n) is 8.38. The lowest BCUT2D eigenvalue weighted by Gasteiger charge is -2.16. The molecule has 0 radical (unpaired) electrons. The van der Waals surface area contributed by atoms with Crippen molar-refractivity contribution in [2.24, 2.45) is 7.05 Å². The van der Waals surface area contributed by atoms with Gasteiger partial charge in [-0.3, -0.25) is 4.79 Å². The van der Waals surface area contributed by atoms with E-state index in [0.717, 1.165) is 6.26 Å². The van der Waals surface area contributed by atoms with Gasteiger partial charge in [-0.1, -0.05) is 6.07 Å². The Bertz CT molecular complexity index is 1620. The SMILES string of the molecule is CCn1c(C(=O)O)cc2c(-c3cc(CS(C)(=O)=O)ccc3Nc3ccc(F)cc3)cn(C)c(=O)c21. The molecule has 0 aliphatic rings. The van der Waals surface area contributed by atoms with E-state index in [9.17, 15) is 27.5 Å². The number of anilines is 2. The molecule has 0 saturated heterocycles. The van der Waals surface area contributed by atoms with Gasteiger partial charge < -0.3 is 19.6 Å². The van der Waals surface area contributed by atoms with Crippen LogP contribution in [0.5, 0.6) is 0 Å². The highest BCUT2D eigenvalue weighted by Gasteiger charge is 2.22. The predicted octanol–water partition coefficient (Wildman–Crippen LogP) is 4.15. The summed E-state index contributed by atoms with van der Waals surface area (Å²) in [4.78, 5) is 24.9. The molecule has 2 heterocycles. The first-order chi connectivity index (χ1) is 16.5. The number of aryl methyl sites for hydroxylation is 2. The van der Waals surface area contributed by atoms with E-state index in [2.05, 4.69) is 5.32 Å². The van der Waals surface area contributed by atoms with Crippen molar-refractivity contribution in [1.82, 2.24) is 9.13 Å². The van der Waals surface area contributed by atoms with Crippen LogP contribution in [-0.2, 0) is 29.2 Å². The van der Waals surface area contributed by atoms with Crippen molar-refractivity contribution in [2.75, 3.05) is 11.6 Å². The number of benzene rings is 2. The molecule has 0 aliphatic heterocycles. The predicted molar refractivity (Wildman–Crippen MR) is 133 cm³/mol. The number of carboxylic acids is 1. The van der Waals surface area contributed by atoms with Crippen LogP contribution in [0.3, 0.4) is 0 Å². The second-order valence-corrected chi connectivity index (χ2v) is 10.5. The van der Waals surface area contributed by atoms with Gasteiger partial charge in [0.2, 0.25) is 0 Å². The molecule has 2 N–H and O–H groups in total. The number of hydrogen-bond donors (Lipinski definition) is 2. The monoisotopic (exact) mass is 497 g/mol. The maximum atomic E-state index is 13.4. The summed E-state index contributed by atoms with van der Waals surface area (Å²) in [6, 6.07) is 12.3. The molecule has 0 bridgehead atoms. The molecular formula is C25H24FN3O5S. The van der Waals surface area contributed by atoms with Gasteiger partial charge in [-0.15, -0.1) is 0 Å². The third-order valence-corrected chi connectivity index (χ3v) is 6.55. The number of carboxylic acid groups (broad SMARTS) is 1. The minimum absolute atomic E-state index is 0.0209. The van der Waals surface area contributed by atoms with Crippen molar-refractivity contribution in [3.63, 3.8) is 0 Å². The fourth-order valence-corrected chi connectivity index (χ4v) is 4.98. The van der Waals surface area contributed by atoms with E-state index in [0.29, 0.717) is 33.5 Å². The van der Waals surface area contributed by atoms with Crippen LogP contribution < -0.4 is 10.9 Å². The molecule has 0 fully saturated rings. The fraction of sp³-hybridized carbons (Fsp3) is 0.200. The molecule has 0 amide bonds. The normalized spacial score (nSPS) is 11.7. The summed E-state index contributed by atoms with van der Waals surface area (Å²) in [6.07, 6.45) is 2.74. The van der Waals surface area contributed by atoms with E-state index < -0.39 is 15.8 Å². The van der Waals surface area contributed by atoms with Crippen LogP contribution in [0.15, 0.2) is 59.5 Å². The third-order valence-electron chi connectivity index (χ3n) is 5.69. The summed E-state index contributed by atoms with van der Waals surface area (Å²) < 4.78 is 40.2. The molecule has 182 valence electrons. The van der Waals surface area contributed by atoms with Gasteiger partial charge in [-0.25, -0.2) is 17.6 Å². The maximum absolute atomic E-state index is 13.4. The highest BCUT2D eigenvalue weighted by atomic mass is 32.2. The van der Waals surface area contributed by atoms with Crippen LogP contribution in [0.4, 0.5) is 15.8 Å². The zero-order chi connectivity index (χ0) is 25.5. The summed E-state index contributed by atoms with van der Waals surface area (Å²) >= 11 is 0. The molecule has 2 aromatic carbocycles. The largest absolute Gasteiger partial charge is 0.477 e. The van der Waals surface area contributed by atoms with E-state index in [-0.39, 0.29) is 34.9 Å². The van der Waals surface area contributed by atoms with Crippen LogP contribution in [0.2, 0.25) is 0 Å². The van der Waals surface area contributed by atoms with Gasteiger partial charge >= 0.3 is 5.97 Å². The Balaban J connectivity index is 2.02. The van der Waals surface area contributed by atoms with Crippen molar-refractivity contribution < 1.29 is 22.7 Å². The van der Waals surface area contributed by atoms with Crippen molar-refractivity contribution in [2.45, 2.75) is 19.2 Å². The summed E-state index contributed by atoms with van der Waals surface area (Å²) in [6.45, 7) is 2.03. The van der Waals surface area contributed by atoms with Crippen molar-refractivity contribution >= 4 is 38.1 Å². The molecule has 0 spiro atoms. The molecule has 35 heavy (non-hydrogen) atoms. The number of pyridine rings is 1. The molecule has 0 atom stereocenters. The van der Waals surface area contributed by atoms with Crippen LogP contribution in [0, 0.1) is 5.82 Å². The standard InChI is InChI=1S/C25H24FN3O5S/c1-4-29-22(25(31)32)12-19-20(13-28(2)24(30)23(19)29)18-11-15(14-35(3,33)34)5-10-21(18)27-17-8-6-16(26)7-9-17/h5-13,27H,4,14H2,1-3H3,(H,31,32). The highest BCUT2D eigenvalue weighted by Crippen LogP contribution is 2.36. The van der Waals surface area contributed by atoms with E-state index in [1.165, 1.54) is 27.3 Å². The maximum Gasteiger partial charge on any atom is 0.352 e. The number of aromatic carboxylic acids is 1. The number of hydrogen-bond acceptors (Lipinski definition) is 5. The number of fused-ring (bicyclic) bond motifs is 1. The second kappa shape index (κ2) is 9.03. The van der Waals surface area contributed by atoms with Crippen molar-refractivity contribution in [1.29, 1.82) is 0 Å². The molecule has 2 aromatic heterocycles. The first-order valence-corrected chi connectivity index (χ1v) is 12.8. The first kappa shape index (κ1) is 24.2. The lowest BCUT2D eigenvalue weighted by atomic mass is 9.99. The minimum Gasteiger partial charge on any atom is -0.477 e. The van der Waals surface area contributed by atoms with Gasteiger partial charge in [0.15, 0.2) is 9.84 Å². The number of carbonyl (C=O) groups is 1. The van der Waals surface area contributed by atoms with Crippen LogP contribution in [0.1, 0.15) is 23.0 Å². The van der Waals surface area contributed by atoms with Crippen LogP contribution in [-0.4, -0.2) is 34.9 Å². The van der Waals surface area contributed by atoms with E-state index >= 15 is 0 Å². The molecule has 4 rings (SSSR count). The first-order valence-electron chi connectivity index (χ1n) is 10.8. The quantitative estimate of drug-likeness (QED) is 0.397. The molecular weight excluding hydrogens is 473 g/mol. The molecule has 8 nitrogen and oxygen atoms in total. The van der Waals surface area contributed by atoms with Gasteiger partial charge in [-0.2, -0.15) is 0 Å². The lowest BCUT2D eigenvalue weighted by Crippen LogP contribution is -2.20. The molecule has 4 aromatic rings. The van der Waals surface area contributed by atoms with Crippen molar-refractivity contribution in [3.05, 3.63) is 82.2 Å². The summed E-state index contributed by atoms with van der Waals surface area (Å²) in [7, 11) is -1.75. The van der Waals surface area contributed by atoms with Crippen molar-refractivity contribution in [3.8, 4) is 11.1 Å². The Morgan fingerprint density at radius 2 is 1.77 bits per heavy atom. The molecule has 0 unspecified atom stereocenters. The van der Waals surface area contributed by atoms with Crippen LogP contribution >= 0.6 is 0 Å². The minimum atomic E-state index is -3.33. The number of sulfone groups is 1. The molecule has 10 heteroatoms. The topological polar surface area (TPSA) is 110 Å². The van der Waals surface area contributed by atoms with E-state index in [1.54, 1.807) is 50.5 Å². The summed E-state index contributed by atoms with van der Waals surface area (Å²) in [5.41, 5.74) is 2.70. The van der Waals surface area contributed by atoms with Gasteiger partial charge in [0.05, 0.1) is 5.75 Å². The summed E-state index contributed by atoms with van der Waals surface area (Å²) in [5.74, 6) is -1.74. The Labute approximate surface area is 201 Å². The average Bonchev–Trinajstić information content (AvgIpc) is 3.18. The van der Waals surface area contributed by atoms with Crippen LogP contribution in [0.25, 0.3) is 22.0 Å². The Hall–Kier alpha value is -3.92. The Kier molecular flexibility index (Phi) is 6.25. The third kappa shape index (κ3) is 4.83. The van der Waals surface area contributed by atoms with Gasteiger partial charge in [0, 0.05) is 53.9 Å². The van der Waals surface area contributed by atoms with Gasteiger partial charge in [0.1, 0.15) is 17.0 Å².